The lowest BCUT2D eigenvalue weighted by Crippen LogP contribution is -2.25. The van der Waals surface area contributed by atoms with Gasteiger partial charge < -0.3 is 9.47 Å². The van der Waals surface area contributed by atoms with Crippen LogP contribution in [-0.4, -0.2) is 32.7 Å². The zero-order chi connectivity index (χ0) is 19.6. The van der Waals surface area contributed by atoms with Crippen LogP contribution in [0.5, 0.6) is 5.75 Å². The van der Waals surface area contributed by atoms with Crippen molar-refractivity contribution in [3.05, 3.63) is 64.0 Å². The minimum atomic E-state index is -0.870. The highest BCUT2D eigenvalue weighted by Crippen LogP contribution is 2.34. The van der Waals surface area contributed by atoms with Gasteiger partial charge in [0, 0.05) is 43.9 Å². The molecular weight excluding hydrogens is 356 g/mol. The standard InChI is InChI=1S/C17H14N4O6/c1-10(22)20-17(12-5-7-18-8-6-12)27-16(19-20)14-9-13(21(24)25)3-4-15(14)26-11(2)23/h3-9,17H,1-2H3/t17-/m0/s1. The van der Waals surface area contributed by atoms with Crippen LogP contribution in [0.25, 0.3) is 0 Å². The Balaban J connectivity index is 2.05. The molecule has 2 heterocycles. The monoisotopic (exact) mass is 370 g/mol. The van der Waals surface area contributed by atoms with Crippen LogP contribution in [0.1, 0.15) is 31.2 Å². The highest BCUT2D eigenvalue weighted by molar-refractivity contribution is 6.00. The number of benzene rings is 1. The second kappa shape index (κ2) is 7.20. The molecule has 1 aliphatic rings. The number of amides is 1. The average Bonchev–Trinajstić information content (AvgIpc) is 3.07. The van der Waals surface area contributed by atoms with Crippen LogP contribution in [0.2, 0.25) is 0 Å². The van der Waals surface area contributed by atoms with Crippen molar-refractivity contribution in [1.29, 1.82) is 0 Å². The van der Waals surface area contributed by atoms with E-state index in [-0.39, 0.29) is 22.9 Å². The molecule has 0 N–H and O–H groups in total. The number of nitrogens with zero attached hydrogens (tertiary/aromatic N) is 4. The van der Waals surface area contributed by atoms with Crippen molar-refractivity contribution >= 4 is 23.5 Å². The third-order valence-corrected chi connectivity index (χ3v) is 3.62. The first kappa shape index (κ1) is 18.0. The maximum Gasteiger partial charge on any atom is 0.308 e. The number of ether oxygens (including phenoxy) is 2. The lowest BCUT2D eigenvalue weighted by Gasteiger charge is -2.19. The molecule has 10 nitrogen and oxygen atoms in total. The van der Waals surface area contributed by atoms with Gasteiger partial charge in [0.2, 0.25) is 18.0 Å². The van der Waals surface area contributed by atoms with E-state index in [4.69, 9.17) is 9.47 Å². The van der Waals surface area contributed by atoms with Gasteiger partial charge in [-0.2, -0.15) is 5.01 Å². The number of carbonyl (C=O) groups excluding carboxylic acids is 2. The van der Waals surface area contributed by atoms with Crippen molar-refractivity contribution in [2.45, 2.75) is 20.1 Å². The Kier molecular flexibility index (Phi) is 4.79. The number of non-ortho nitro benzene ring substituents is 1. The van der Waals surface area contributed by atoms with Crippen LogP contribution in [0, 0.1) is 10.1 Å². The molecule has 0 aliphatic carbocycles. The molecular formula is C17H14N4O6. The summed E-state index contributed by atoms with van der Waals surface area (Å²) in [7, 11) is 0. The molecule has 0 radical (unpaired) electrons. The lowest BCUT2D eigenvalue weighted by atomic mass is 10.1. The number of hydrazone groups is 1. The van der Waals surface area contributed by atoms with Crippen LogP contribution in [0.15, 0.2) is 47.8 Å². The van der Waals surface area contributed by atoms with Gasteiger partial charge in [0.15, 0.2) is 0 Å². The van der Waals surface area contributed by atoms with Gasteiger partial charge in [-0.25, -0.2) is 0 Å². The van der Waals surface area contributed by atoms with Gasteiger partial charge in [-0.15, -0.1) is 5.10 Å². The Labute approximate surface area is 153 Å². The fourth-order valence-electron chi connectivity index (χ4n) is 2.46. The number of rotatable bonds is 4. The molecule has 1 amide bonds. The van der Waals surface area contributed by atoms with Crippen LogP contribution < -0.4 is 4.74 Å². The van der Waals surface area contributed by atoms with Crippen LogP contribution in [0.3, 0.4) is 0 Å². The number of hydrogen-bond acceptors (Lipinski definition) is 8. The highest BCUT2D eigenvalue weighted by Gasteiger charge is 2.35. The van der Waals surface area contributed by atoms with E-state index in [1.54, 1.807) is 12.1 Å². The van der Waals surface area contributed by atoms with Crippen molar-refractivity contribution in [1.82, 2.24) is 9.99 Å². The molecule has 10 heteroatoms. The van der Waals surface area contributed by atoms with Crippen molar-refractivity contribution in [2.75, 3.05) is 0 Å². The SMILES string of the molecule is CC(=O)Oc1ccc([N+](=O)[O-])cc1C1=NN(C(C)=O)[C@H](c2ccncc2)O1. The van der Waals surface area contributed by atoms with Gasteiger partial charge in [-0.1, -0.05) is 0 Å². The third-order valence-electron chi connectivity index (χ3n) is 3.62. The van der Waals surface area contributed by atoms with Gasteiger partial charge >= 0.3 is 5.97 Å². The van der Waals surface area contributed by atoms with E-state index < -0.39 is 23.0 Å². The molecule has 1 aromatic heterocycles. The second-order valence-electron chi connectivity index (χ2n) is 5.55. The van der Waals surface area contributed by atoms with E-state index in [9.17, 15) is 19.7 Å². The van der Waals surface area contributed by atoms with Crippen LogP contribution in [-0.2, 0) is 14.3 Å². The fraction of sp³-hybridized carbons (Fsp3) is 0.176. The smallest absolute Gasteiger partial charge is 0.308 e. The molecule has 27 heavy (non-hydrogen) atoms. The Morgan fingerprint density at radius 1 is 1.22 bits per heavy atom. The van der Waals surface area contributed by atoms with Crippen molar-refractivity contribution < 1.29 is 24.0 Å². The Hall–Kier alpha value is -3.82. The van der Waals surface area contributed by atoms with E-state index in [2.05, 4.69) is 10.1 Å². The first-order valence-corrected chi connectivity index (χ1v) is 7.79. The van der Waals surface area contributed by atoms with E-state index >= 15 is 0 Å². The first-order valence-electron chi connectivity index (χ1n) is 7.79. The third kappa shape index (κ3) is 3.73. The Morgan fingerprint density at radius 3 is 2.52 bits per heavy atom. The number of nitro groups is 1. The molecule has 0 spiro atoms. The quantitative estimate of drug-likeness (QED) is 0.349. The molecule has 0 saturated heterocycles. The van der Waals surface area contributed by atoms with E-state index in [0.717, 1.165) is 5.01 Å². The summed E-state index contributed by atoms with van der Waals surface area (Å²) in [5.74, 6) is -1.05. The van der Waals surface area contributed by atoms with Crippen molar-refractivity contribution in [3.8, 4) is 5.75 Å². The topological polar surface area (TPSA) is 124 Å². The number of aromatic nitrogens is 1. The average molecular weight is 370 g/mol. The fourth-order valence-corrected chi connectivity index (χ4v) is 2.46. The summed E-state index contributed by atoms with van der Waals surface area (Å²) < 4.78 is 10.9. The summed E-state index contributed by atoms with van der Waals surface area (Å²) in [6.07, 6.45) is 2.20. The predicted octanol–water partition coefficient (Wildman–Crippen LogP) is 2.15. The number of carbonyl (C=O) groups is 2. The predicted molar refractivity (Wildman–Crippen MR) is 91.5 cm³/mol. The van der Waals surface area contributed by atoms with E-state index in [0.29, 0.717) is 5.56 Å². The number of esters is 1. The molecule has 1 aromatic carbocycles. The van der Waals surface area contributed by atoms with Crippen molar-refractivity contribution in [3.63, 3.8) is 0 Å². The number of hydrogen-bond donors (Lipinski definition) is 0. The zero-order valence-corrected chi connectivity index (χ0v) is 14.4. The number of pyridine rings is 1. The highest BCUT2D eigenvalue weighted by atomic mass is 16.6. The van der Waals surface area contributed by atoms with E-state index in [1.807, 2.05) is 0 Å². The Bertz CT molecular complexity index is 944. The van der Waals surface area contributed by atoms with Crippen LogP contribution in [0.4, 0.5) is 5.69 Å². The molecule has 2 aromatic rings. The van der Waals surface area contributed by atoms with E-state index in [1.165, 1.54) is 44.4 Å². The molecule has 0 bridgehead atoms. The minimum absolute atomic E-state index is 0.0331. The Morgan fingerprint density at radius 2 is 1.93 bits per heavy atom. The largest absolute Gasteiger partial charge is 0.446 e. The van der Waals surface area contributed by atoms with Gasteiger partial charge in [-0.05, 0) is 18.2 Å². The van der Waals surface area contributed by atoms with Gasteiger partial charge in [0.05, 0.1) is 10.5 Å². The molecule has 0 unspecified atom stereocenters. The molecule has 1 aliphatic heterocycles. The lowest BCUT2D eigenvalue weighted by molar-refractivity contribution is -0.384. The van der Waals surface area contributed by atoms with Gasteiger partial charge in [0.1, 0.15) is 5.75 Å². The molecule has 138 valence electrons. The van der Waals surface area contributed by atoms with Gasteiger partial charge in [0.25, 0.3) is 5.69 Å². The summed E-state index contributed by atoms with van der Waals surface area (Å²) >= 11 is 0. The molecule has 3 rings (SSSR count). The summed E-state index contributed by atoms with van der Waals surface area (Å²) in [5, 5.41) is 16.3. The number of nitro benzene ring substituents is 1. The van der Waals surface area contributed by atoms with Crippen molar-refractivity contribution in [2.24, 2.45) is 5.10 Å². The summed E-state index contributed by atoms with van der Waals surface area (Å²) in [5.41, 5.74) is 0.453. The second-order valence-corrected chi connectivity index (χ2v) is 5.55. The normalized spacial score (nSPS) is 15.7. The minimum Gasteiger partial charge on any atom is -0.446 e. The van der Waals surface area contributed by atoms with Crippen LogP contribution >= 0.6 is 0 Å². The zero-order valence-electron chi connectivity index (χ0n) is 14.4. The summed E-state index contributed by atoms with van der Waals surface area (Å²) in [6, 6.07) is 6.95. The molecule has 0 saturated carbocycles. The maximum atomic E-state index is 12.0. The molecule has 0 fully saturated rings. The summed E-state index contributed by atoms with van der Waals surface area (Å²) in [6.45, 7) is 2.51. The molecule has 1 atom stereocenters. The maximum absolute atomic E-state index is 12.0. The first-order chi connectivity index (χ1) is 12.9. The van der Waals surface area contributed by atoms with Gasteiger partial charge in [-0.3, -0.25) is 24.7 Å². The summed E-state index contributed by atoms with van der Waals surface area (Å²) in [4.78, 5) is 37.7.